The number of nitrogen functional groups attached to an aromatic ring is 1. The van der Waals surface area contributed by atoms with Crippen LogP contribution in [0.1, 0.15) is 0 Å². The van der Waals surface area contributed by atoms with Crippen LogP contribution in [0.2, 0.25) is 5.02 Å². The molecule has 1 saturated carbocycles. The van der Waals surface area contributed by atoms with Gasteiger partial charge in [0.1, 0.15) is 5.82 Å². The number of anilines is 2. The van der Waals surface area contributed by atoms with Crippen molar-refractivity contribution in [1.29, 1.82) is 0 Å². The standard InChI is InChI=1S/C16H16ClN7S/c17-12-10(1-2-20-14(12)19)25-11-5-22-16(24-4-3-21-15(11)24)23-6-8-9(7-23)13(8)18/h1-5,8-9,13H,6-7,18H2,(H2,19,20)/t8-,9+,13+. The molecule has 0 aromatic carbocycles. The number of piperidine rings is 1. The fraction of sp³-hybridized carbons (Fsp3) is 0.312. The van der Waals surface area contributed by atoms with Crippen molar-refractivity contribution in [2.75, 3.05) is 23.7 Å². The average Bonchev–Trinajstić information content (AvgIpc) is 3.06. The first-order chi connectivity index (χ1) is 12.1. The Morgan fingerprint density at radius 2 is 1.92 bits per heavy atom. The fourth-order valence-electron chi connectivity index (χ4n) is 3.56. The molecule has 0 bridgehead atoms. The Morgan fingerprint density at radius 3 is 2.72 bits per heavy atom. The molecular formula is C16H16ClN7S. The van der Waals surface area contributed by atoms with Crippen molar-refractivity contribution >= 4 is 40.8 Å². The van der Waals surface area contributed by atoms with Crippen molar-refractivity contribution in [3.8, 4) is 0 Å². The molecule has 3 aromatic rings. The minimum absolute atomic E-state index is 0.322. The van der Waals surface area contributed by atoms with E-state index < -0.39 is 0 Å². The molecule has 2 aliphatic rings. The number of rotatable bonds is 3. The van der Waals surface area contributed by atoms with E-state index in [1.807, 2.05) is 22.9 Å². The number of nitrogens with zero attached hydrogens (tertiary/aromatic N) is 5. The summed E-state index contributed by atoms with van der Waals surface area (Å²) < 4.78 is 2.02. The lowest BCUT2D eigenvalue weighted by Crippen LogP contribution is -2.30. The Balaban J connectivity index is 1.50. The van der Waals surface area contributed by atoms with Crippen LogP contribution in [0.15, 0.2) is 40.6 Å². The molecule has 5 rings (SSSR count). The number of nitrogens with two attached hydrogens (primary N) is 2. The molecule has 1 aliphatic heterocycles. The van der Waals surface area contributed by atoms with Crippen molar-refractivity contribution in [3.63, 3.8) is 0 Å². The van der Waals surface area contributed by atoms with Gasteiger partial charge in [-0.3, -0.25) is 4.40 Å². The molecule has 25 heavy (non-hydrogen) atoms. The van der Waals surface area contributed by atoms with Crippen LogP contribution >= 0.6 is 23.4 Å². The van der Waals surface area contributed by atoms with Gasteiger partial charge in [0.05, 0.1) is 9.92 Å². The SMILES string of the molecule is Nc1nccc(Sc2cnc(N3C[C@@H]4[C@@H](N)[C@@H]4C3)n3ccnc23)c1Cl. The van der Waals surface area contributed by atoms with Crippen LogP contribution in [0.25, 0.3) is 5.65 Å². The highest BCUT2D eigenvalue weighted by Gasteiger charge is 2.54. The summed E-state index contributed by atoms with van der Waals surface area (Å²) in [4.78, 5) is 17.2. The van der Waals surface area contributed by atoms with E-state index >= 15 is 0 Å². The fourth-order valence-corrected chi connectivity index (χ4v) is 4.70. The molecule has 2 fully saturated rings. The zero-order valence-electron chi connectivity index (χ0n) is 13.2. The first kappa shape index (κ1) is 15.2. The number of aromatic nitrogens is 4. The molecule has 0 unspecified atom stereocenters. The highest BCUT2D eigenvalue weighted by Crippen LogP contribution is 2.45. The summed E-state index contributed by atoms with van der Waals surface area (Å²) in [5.41, 5.74) is 12.7. The quantitative estimate of drug-likeness (QED) is 0.723. The maximum atomic E-state index is 6.26. The number of halogens is 1. The van der Waals surface area contributed by atoms with Crippen LogP contribution < -0.4 is 16.4 Å². The Bertz CT molecular complexity index is 962. The molecule has 0 radical (unpaired) electrons. The summed E-state index contributed by atoms with van der Waals surface area (Å²) in [6.07, 6.45) is 7.22. The van der Waals surface area contributed by atoms with Gasteiger partial charge in [0, 0.05) is 48.8 Å². The van der Waals surface area contributed by atoms with Gasteiger partial charge >= 0.3 is 0 Å². The third kappa shape index (κ3) is 2.36. The van der Waals surface area contributed by atoms with E-state index in [0.717, 1.165) is 34.5 Å². The monoisotopic (exact) mass is 373 g/mol. The summed E-state index contributed by atoms with van der Waals surface area (Å²) in [7, 11) is 0. The largest absolute Gasteiger partial charge is 0.382 e. The first-order valence-electron chi connectivity index (χ1n) is 8.04. The van der Waals surface area contributed by atoms with Crippen LogP contribution in [0.5, 0.6) is 0 Å². The lowest BCUT2D eigenvalue weighted by molar-refractivity contribution is 0.718. The van der Waals surface area contributed by atoms with Crippen LogP contribution in [0, 0.1) is 11.8 Å². The van der Waals surface area contributed by atoms with Gasteiger partial charge in [0.15, 0.2) is 5.65 Å². The summed E-state index contributed by atoms with van der Waals surface area (Å²) in [6.45, 7) is 1.93. The minimum Gasteiger partial charge on any atom is -0.382 e. The molecule has 4 heterocycles. The number of imidazole rings is 1. The van der Waals surface area contributed by atoms with Crippen LogP contribution in [-0.2, 0) is 0 Å². The minimum atomic E-state index is 0.322. The first-order valence-corrected chi connectivity index (χ1v) is 9.23. The van der Waals surface area contributed by atoms with Crippen molar-refractivity contribution in [1.82, 2.24) is 19.4 Å². The molecule has 3 atom stereocenters. The van der Waals surface area contributed by atoms with E-state index in [1.165, 1.54) is 11.8 Å². The Labute approximate surface area is 153 Å². The second-order valence-corrected chi connectivity index (χ2v) is 7.93. The summed E-state index contributed by atoms with van der Waals surface area (Å²) in [6, 6.07) is 2.20. The lowest BCUT2D eigenvalue weighted by atomic mass is 10.4. The Kier molecular flexibility index (Phi) is 3.34. The van der Waals surface area contributed by atoms with E-state index in [9.17, 15) is 0 Å². The molecule has 128 valence electrons. The topological polar surface area (TPSA) is 98.4 Å². The predicted molar refractivity (Wildman–Crippen MR) is 97.9 cm³/mol. The lowest BCUT2D eigenvalue weighted by Gasteiger charge is -2.21. The van der Waals surface area contributed by atoms with Crippen molar-refractivity contribution in [3.05, 3.63) is 35.9 Å². The van der Waals surface area contributed by atoms with Gasteiger partial charge in [-0.2, -0.15) is 0 Å². The van der Waals surface area contributed by atoms with Gasteiger partial charge < -0.3 is 16.4 Å². The molecular weight excluding hydrogens is 358 g/mol. The van der Waals surface area contributed by atoms with Gasteiger partial charge in [-0.05, 0) is 17.9 Å². The van der Waals surface area contributed by atoms with E-state index in [1.54, 1.807) is 12.4 Å². The molecule has 4 N–H and O–H groups in total. The molecule has 7 nitrogen and oxygen atoms in total. The second kappa shape index (κ2) is 5.48. The molecule has 1 aliphatic carbocycles. The van der Waals surface area contributed by atoms with Gasteiger partial charge in [0.2, 0.25) is 5.95 Å². The molecule has 3 aromatic heterocycles. The second-order valence-electron chi connectivity index (χ2n) is 6.46. The van der Waals surface area contributed by atoms with Crippen molar-refractivity contribution < 1.29 is 0 Å². The number of hydrogen-bond donors (Lipinski definition) is 2. The van der Waals surface area contributed by atoms with Crippen LogP contribution in [-0.4, -0.2) is 38.5 Å². The normalized spacial score (nSPS) is 24.7. The van der Waals surface area contributed by atoms with Gasteiger partial charge in [-0.15, -0.1) is 0 Å². The molecule has 9 heteroatoms. The third-order valence-corrected chi connectivity index (χ3v) is 6.59. The van der Waals surface area contributed by atoms with E-state index in [2.05, 4.69) is 19.9 Å². The van der Waals surface area contributed by atoms with Crippen LogP contribution in [0.4, 0.5) is 11.8 Å². The van der Waals surface area contributed by atoms with Crippen molar-refractivity contribution in [2.24, 2.45) is 17.6 Å². The molecule has 0 amide bonds. The number of pyridine rings is 1. The van der Waals surface area contributed by atoms with Crippen molar-refractivity contribution in [2.45, 2.75) is 15.8 Å². The zero-order valence-corrected chi connectivity index (χ0v) is 14.8. The van der Waals surface area contributed by atoms with Crippen LogP contribution in [0.3, 0.4) is 0 Å². The maximum absolute atomic E-state index is 6.26. The third-order valence-electron chi connectivity index (χ3n) is 5.02. The summed E-state index contributed by atoms with van der Waals surface area (Å²) in [5, 5.41) is 0.454. The molecule has 1 saturated heterocycles. The smallest absolute Gasteiger partial charge is 0.211 e. The number of hydrogen-bond acceptors (Lipinski definition) is 7. The number of fused-ring (bicyclic) bond motifs is 2. The zero-order chi connectivity index (χ0) is 17.1. The van der Waals surface area contributed by atoms with Gasteiger partial charge in [0.25, 0.3) is 0 Å². The maximum Gasteiger partial charge on any atom is 0.211 e. The predicted octanol–water partition coefficient (Wildman–Crippen LogP) is 1.90. The molecule has 0 spiro atoms. The average molecular weight is 374 g/mol. The van der Waals surface area contributed by atoms with E-state index in [-0.39, 0.29) is 0 Å². The Morgan fingerprint density at radius 1 is 1.12 bits per heavy atom. The highest BCUT2D eigenvalue weighted by molar-refractivity contribution is 7.99. The van der Waals surface area contributed by atoms with E-state index in [0.29, 0.717) is 28.7 Å². The van der Waals surface area contributed by atoms with E-state index in [4.69, 9.17) is 23.1 Å². The Hall–Kier alpha value is -2.03. The van der Waals surface area contributed by atoms with Gasteiger partial charge in [-0.25, -0.2) is 15.0 Å². The summed E-state index contributed by atoms with van der Waals surface area (Å²) in [5.74, 6) is 2.45. The summed E-state index contributed by atoms with van der Waals surface area (Å²) >= 11 is 7.75. The van der Waals surface area contributed by atoms with Gasteiger partial charge in [-0.1, -0.05) is 23.4 Å². The highest BCUT2D eigenvalue weighted by atomic mass is 35.5.